The molecule has 0 saturated carbocycles. The zero-order valence-electron chi connectivity index (χ0n) is 6.02. The standard InChI is InChI=1S/C6H15PS/c1-5(2,7)6(3,4)8/h8H,7H2,1-4H3. The molecule has 0 aromatic carbocycles. The maximum atomic E-state index is 4.41. The zero-order chi connectivity index (χ0) is 7.00. The highest BCUT2D eigenvalue weighted by Crippen LogP contribution is 2.34. The third-order valence-electron chi connectivity index (χ3n) is 1.58. The molecule has 0 aliphatic carbocycles. The molecule has 0 spiro atoms. The quantitative estimate of drug-likeness (QED) is 0.430. The van der Waals surface area contributed by atoms with Crippen LogP contribution < -0.4 is 0 Å². The van der Waals surface area contributed by atoms with Crippen LogP contribution in [0, 0.1) is 0 Å². The lowest BCUT2D eigenvalue weighted by atomic mass is 9.98. The smallest absolute Gasteiger partial charge is 0.0158 e. The third kappa shape index (κ3) is 2.37. The molecule has 0 N–H and O–H groups in total. The topological polar surface area (TPSA) is 0 Å². The minimum absolute atomic E-state index is 0.0949. The van der Waals surface area contributed by atoms with Gasteiger partial charge in [0.05, 0.1) is 0 Å². The van der Waals surface area contributed by atoms with Crippen molar-refractivity contribution in [2.24, 2.45) is 0 Å². The first-order chi connectivity index (χ1) is 3.25. The van der Waals surface area contributed by atoms with Crippen molar-refractivity contribution in [1.29, 1.82) is 0 Å². The Hall–Kier alpha value is 0.780. The molecule has 0 saturated heterocycles. The van der Waals surface area contributed by atoms with Crippen LogP contribution >= 0.6 is 21.9 Å². The highest BCUT2D eigenvalue weighted by molar-refractivity contribution is 7.82. The summed E-state index contributed by atoms with van der Waals surface area (Å²) in [7, 11) is 2.78. The highest BCUT2D eigenvalue weighted by atomic mass is 32.1. The fourth-order valence-electron chi connectivity index (χ4n) is 0. The SMILES string of the molecule is CC(C)(P)C(C)(C)S. The van der Waals surface area contributed by atoms with E-state index in [0.717, 1.165) is 0 Å². The van der Waals surface area contributed by atoms with Gasteiger partial charge in [0.1, 0.15) is 0 Å². The van der Waals surface area contributed by atoms with Crippen molar-refractivity contribution in [2.45, 2.75) is 37.6 Å². The Bertz CT molecular complexity index is 63.5. The Morgan fingerprint density at radius 3 is 1.25 bits per heavy atom. The second kappa shape index (κ2) is 2.19. The van der Waals surface area contributed by atoms with Crippen molar-refractivity contribution >= 4 is 21.9 Å². The van der Waals surface area contributed by atoms with E-state index in [2.05, 4.69) is 49.6 Å². The van der Waals surface area contributed by atoms with Gasteiger partial charge in [-0.2, -0.15) is 12.6 Å². The van der Waals surface area contributed by atoms with Gasteiger partial charge in [0.25, 0.3) is 0 Å². The predicted octanol–water partition coefficient (Wildman–Crippen LogP) is 2.35. The van der Waals surface area contributed by atoms with Gasteiger partial charge in [-0.1, -0.05) is 27.7 Å². The summed E-state index contributed by atoms with van der Waals surface area (Å²) in [6.07, 6.45) is 0. The van der Waals surface area contributed by atoms with E-state index in [9.17, 15) is 0 Å². The molecule has 2 heteroatoms. The van der Waals surface area contributed by atoms with Gasteiger partial charge in [-0.15, -0.1) is 9.24 Å². The number of hydrogen-bond acceptors (Lipinski definition) is 1. The molecule has 50 valence electrons. The van der Waals surface area contributed by atoms with Gasteiger partial charge < -0.3 is 0 Å². The summed E-state index contributed by atoms with van der Waals surface area (Å²) in [5, 5.41) is 0.218. The van der Waals surface area contributed by atoms with E-state index < -0.39 is 0 Å². The van der Waals surface area contributed by atoms with Crippen LogP contribution in [0.4, 0.5) is 0 Å². The van der Waals surface area contributed by atoms with E-state index in [1.165, 1.54) is 0 Å². The Labute approximate surface area is 60.0 Å². The van der Waals surface area contributed by atoms with E-state index in [0.29, 0.717) is 0 Å². The van der Waals surface area contributed by atoms with Crippen LogP contribution in [0.15, 0.2) is 0 Å². The van der Waals surface area contributed by atoms with Gasteiger partial charge in [0.2, 0.25) is 0 Å². The first-order valence-corrected chi connectivity index (χ1v) is 3.79. The largest absolute Gasteiger partial charge is 0.172 e. The summed E-state index contributed by atoms with van der Waals surface area (Å²) in [6, 6.07) is 0. The molecular weight excluding hydrogens is 135 g/mol. The van der Waals surface area contributed by atoms with E-state index in [4.69, 9.17) is 0 Å². The molecule has 0 aliphatic rings. The van der Waals surface area contributed by atoms with Crippen molar-refractivity contribution in [2.75, 3.05) is 0 Å². The Balaban J connectivity index is 4.02. The fourth-order valence-corrected chi connectivity index (χ4v) is 0. The molecule has 0 nitrogen and oxygen atoms in total. The molecule has 0 fully saturated rings. The number of hydrogen-bond donors (Lipinski definition) is 1. The summed E-state index contributed by atoms with van der Waals surface area (Å²) < 4.78 is 0.0949. The van der Waals surface area contributed by atoms with Crippen LogP contribution in [0.25, 0.3) is 0 Å². The van der Waals surface area contributed by atoms with Gasteiger partial charge in [0.15, 0.2) is 0 Å². The van der Waals surface area contributed by atoms with Crippen LogP contribution in [0.1, 0.15) is 27.7 Å². The lowest BCUT2D eigenvalue weighted by molar-refractivity contribution is 0.556. The summed E-state index contributed by atoms with van der Waals surface area (Å²) in [5.74, 6) is 0. The molecular formula is C6H15PS. The van der Waals surface area contributed by atoms with Crippen LogP contribution in [0.5, 0.6) is 0 Å². The van der Waals surface area contributed by atoms with Crippen molar-refractivity contribution in [3.8, 4) is 0 Å². The molecule has 0 aromatic rings. The second-order valence-corrected chi connectivity index (χ2v) is 5.84. The van der Waals surface area contributed by atoms with Crippen molar-refractivity contribution in [1.82, 2.24) is 0 Å². The lowest BCUT2D eigenvalue weighted by Gasteiger charge is -2.33. The van der Waals surface area contributed by atoms with Gasteiger partial charge in [0, 0.05) is 4.75 Å². The van der Waals surface area contributed by atoms with Crippen LogP contribution in [0.3, 0.4) is 0 Å². The van der Waals surface area contributed by atoms with Crippen molar-refractivity contribution in [3.05, 3.63) is 0 Å². The highest BCUT2D eigenvalue weighted by Gasteiger charge is 2.28. The predicted molar refractivity (Wildman–Crippen MR) is 46.9 cm³/mol. The van der Waals surface area contributed by atoms with Crippen LogP contribution in [0.2, 0.25) is 0 Å². The lowest BCUT2D eigenvalue weighted by Crippen LogP contribution is -2.33. The maximum absolute atomic E-state index is 4.41. The molecule has 0 rings (SSSR count). The molecule has 0 amide bonds. The average Bonchev–Trinajstić information content (AvgIpc) is 1.25. The summed E-state index contributed by atoms with van der Waals surface area (Å²) in [6.45, 7) is 8.54. The normalized spacial score (nSPS) is 14.2. The number of thiol groups is 1. The molecule has 0 aromatic heterocycles. The summed E-state index contributed by atoms with van der Waals surface area (Å²) in [4.78, 5) is 0. The Morgan fingerprint density at radius 1 is 1.12 bits per heavy atom. The minimum atomic E-state index is 0.0949. The third-order valence-corrected chi connectivity index (χ3v) is 3.12. The molecule has 1 atom stereocenters. The second-order valence-electron chi connectivity index (χ2n) is 3.28. The Kier molecular flexibility index (Phi) is 2.40. The zero-order valence-corrected chi connectivity index (χ0v) is 8.07. The van der Waals surface area contributed by atoms with Crippen molar-refractivity contribution in [3.63, 3.8) is 0 Å². The maximum Gasteiger partial charge on any atom is 0.0158 e. The number of rotatable bonds is 1. The molecule has 1 unspecified atom stereocenters. The van der Waals surface area contributed by atoms with Crippen molar-refractivity contribution < 1.29 is 0 Å². The van der Waals surface area contributed by atoms with Gasteiger partial charge in [-0.05, 0) is 5.16 Å². The van der Waals surface area contributed by atoms with Gasteiger partial charge >= 0.3 is 0 Å². The molecule has 0 aliphatic heterocycles. The fraction of sp³-hybridized carbons (Fsp3) is 1.00. The van der Waals surface area contributed by atoms with Crippen LogP contribution in [-0.4, -0.2) is 9.90 Å². The van der Waals surface area contributed by atoms with E-state index in [1.807, 2.05) is 0 Å². The molecule has 0 heterocycles. The first kappa shape index (κ1) is 8.78. The monoisotopic (exact) mass is 150 g/mol. The van der Waals surface area contributed by atoms with E-state index in [1.54, 1.807) is 0 Å². The summed E-state index contributed by atoms with van der Waals surface area (Å²) >= 11 is 4.41. The average molecular weight is 150 g/mol. The van der Waals surface area contributed by atoms with E-state index in [-0.39, 0.29) is 9.90 Å². The van der Waals surface area contributed by atoms with Gasteiger partial charge in [-0.3, -0.25) is 0 Å². The first-order valence-electron chi connectivity index (χ1n) is 2.76. The molecule has 0 bridgehead atoms. The van der Waals surface area contributed by atoms with Gasteiger partial charge in [-0.25, -0.2) is 0 Å². The summed E-state index contributed by atoms with van der Waals surface area (Å²) in [5.41, 5.74) is 0. The molecule has 0 radical (unpaired) electrons. The van der Waals surface area contributed by atoms with Crippen LogP contribution in [-0.2, 0) is 0 Å². The van der Waals surface area contributed by atoms with E-state index >= 15 is 0 Å². The molecule has 8 heavy (non-hydrogen) atoms. The minimum Gasteiger partial charge on any atom is -0.172 e. The Morgan fingerprint density at radius 2 is 1.25 bits per heavy atom.